The zero-order valence-electron chi connectivity index (χ0n) is 14.0. The van der Waals surface area contributed by atoms with Crippen molar-refractivity contribution in [2.75, 3.05) is 11.5 Å². The van der Waals surface area contributed by atoms with Gasteiger partial charge in [0.05, 0.1) is 0 Å². The second-order valence-corrected chi connectivity index (χ2v) is 7.32. The molecule has 1 fully saturated rings. The van der Waals surface area contributed by atoms with E-state index in [-0.39, 0.29) is 11.9 Å². The highest BCUT2D eigenvalue weighted by atomic mass is 32.2. The molecule has 1 atom stereocenters. The lowest BCUT2D eigenvalue weighted by atomic mass is 9.95. The highest BCUT2D eigenvalue weighted by molar-refractivity contribution is 8.00. The molecule has 2 aromatic rings. The molecule has 132 valence electrons. The van der Waals surface area contributed by atoms with E-state index in [1.807, 2.05) is 30.3 Å². The van der Waals surface area contributed by atoms with Crippen LogP contribution in [0.4, 0.5) is 11.6 Å². The van der Waals surface area contributed by atoms with Crippen molar-refractivity contribution in [1.82, 2.24) is 15.3 Å². The number of hydrogen-bond acceptors (Lipinski definition) is 6. The highest BCUT2D eigenvalue weighted by Crippen LogP contribution is 2.34. The monoisotopic (exact) mass is 357 g/mol. The van der Waals surface area contributed by atoms with Crippen molar-refractivity contribution in [2.24, 2.45) is 0 Å². The second kappa shape index (κ2) is 8.20. The molecule has 7 heteroatoms. The summed E-state index contributed by atoms with van der Waals surface area (Å²) in [6.07, 6.45) is 5.67. The van der Waals surface area contributed by atoms with Crippen LogP contribution in [0.15, 0.2) is 41.6 Å². The Hall–Kier alpha value is -2.28. The number of benzene rings is 1. The van der Waals surface area contributed by atoms with E-state index >= 15 is 0 Å². The van der Waals surface area contributed by atoms with Crippen LogP contribution >= 0.6 is 11.8 Å². The number of carbonyl (C=O) groups is 1. The molecule has 0 spiro atoms. The summed E-state index contributed by atoms with van der Waals surface area (Å²) < 4.78 is 0. The zero-order valence-corrected chi connectivity index (χ0v) is 14.8. The van der Waals surface area contributed by atoms with Crippen molar-refractivity contribution in [2.45, 2.75) is 48.6 Å². The van der Waals surface area contributed by atoms with Gasteiger partial charge in [-0.3, -0.25) is 4.79 Å². The number of rotatable bonds is 5. The first kappa shape index (κ1) is 17.5. The van der Waals surface area contributed by atoms with Gasteiger partial charge in [0.25, 0.3) is 0 Å². The second-order valence-electron chi connectivity index (χ2n) is 6.25. The van der Waals surface area contributed by atoms with Crippen LogP contribution in [0.5, 0.6) is 0 Å². The van der Waals surface area contributed by atoms with E-state index in [0.717, 1.165) is 18.4 Å². The molecule has 25 heavy (non-hydrogen) atoms. The fourth-order valence-corrected chi connectivity index (χ4v) is 4.04. The van der Waals surface area contributed by atoms with E-state index < -0.39 is 5.25 Å². The molecule has 6 nitrogen and oxygen atoms in total. The maximum Gasteiger partial charge on any atom is 0.238 e. The summed E-state index contributed by atoms with van der Waals surface area (Å²) in [5.41, 5.74) is 12.4. The molecule has 0 unspecified atom stereocenters. The summed E-state index contributed by atoms with van der Waals surface area (Å²) in [6.45, 7) is 0. The summed E-state index contributed by atoms with van der Waals surface area (Å²) in [7, 11) is 0. The topological polar surface area (TPSA) is 107 Å². The van der Waals surface area contributed by atoms with Gasteiger partial charge in [0, 0.05) is 12.1 Å². The van der Waals surface area contributed by atoms with Crippen molar-refractivity contribution in [3.63, 3.8) is 0 Å². The van der Waals surface area contributed by atoms with Gasteiger partial charge in [-0.1, -0.05) is 61.4 Å². The van der Waals surface area contributed by atoms with Crippen LogP contribution in [-0.2, 0) is 4.79 Å². The number of nitrogens with two attached hydrogens (primary N) is 2. The minimum Gasteiger partial charge on any atom is -0.383 e. The fraction of sp³-hybridized carbons (Fsp3) is 0.389. The number of hydrogen-bond donors (Lipinski definition) is 3. The van der Waals surface area contributed by atoms with Gasteiger partial charge in [-0.2, -0.15) is 0 Å². The Morgan fingerprint density at radius 2 is 1.72 bits per heavy atom. The number of nitrogens with one attached hydrogen (secondary N) is 1. The molecule has 0 bridgehead atoms. The lowest BCUT2D eigenvalue weighted by molar-refractivity contribution is -0.121. The molecule has 5 N–H and O–H groups in total. The van der Waals surface area contributed by atoms with E-state index in [1.54, 1.807) is 0 Å². The van der Waals surface area contributed by atoms with Crippen molar-refractivity contribution < 1.29 is 4.79 Å². The predicted molar refractivity (Wildman–Crippen MR) is 101 cm³/mol. The summed E-state index contributed by atoms with van der Waals surface area (Å²) in [5, 5.41) is 3.16. The minimum absolute atomic E-state index is 0.0207. The Bertz CT molecular complexity index is 698. The summed E-state index contributed by atoms with van der Waals surface area (Å²) in [6, 6.07) is 11.4. The van der Waals surface area contributed by atoms with Gasteiger partial charge in [-0.25, -0.2) is 9.97 Å². The van der Waals surface area contributed by atoms with E-state index in [4.69, 9.17) is 11.5 Å². The lowest BCUT2D eigenvalue weighted by Gasteiger charge is -2.25. The Balaban J connectivity index is 1.80. The molecule has 3 rings (SSSR count). The first-order valence-corrected chi connectivity index (χ1v) is 9.42. The average Bonchev–Trinajstić information content (AvgIpc) is 2.60. The van der Waals surface area contributed by atoms with E-state index in [2.05, 4.69) is 15.3 Å². The van der Waals surface area contributed by atoms with Crippen LogP contribution in [0.25, 0.3) is 0 Å². The number of nitrogens with zero attached hydrogens (tertiary/aromatic N) is 2. The first-order valence-electron chi connectivity index (χ1n) is 8.54. The predicted octanol–water partition coefficient (Wildman–Crippen LogP) is 2.92. The number of anilines is 2. The molecule has 1 saturated carbocycles. The van der Waals surface area contributed by atoms with E-state index in [0.29, 0.717) is 16.8 Å². The van der Waals surface area contributed by atoms with Crippen molar-refractivity contribution in [3.05, 3.63) is 42.0 Å². The number of amides is 1. The Morgan fingerprint density at radius 3 is 2.36 bits per heavy atom. The third-order valence-electron chi connectivity index (χ3n) is 4.26. The Labute approximate surface area is 151 Å². The maximum atomic E-state index is 12.9. The standard InChI is InChI=1S/C18H23N5OS/c19-14-11-15(20)23-18(22-14)25-16(12-7-3-1-4-8-12)17(24)21-13-9-5-2-6-10-13/h1,3-4,7-8,11,13,16H,2,5-6,9-10H2,(H,21,24)(H4,19,20,22,23)/t16-/m1/s1. The van der Waals surface area contributed by atoms with Crippen LogP contribution in [0.3, 0.4) is 0 Å². The SMILES string of the molecule is Nc1cc(N)nc(S[C@@H](C(=O)NC2CCCCC2)c2ccccc2)n1. The normalized spacial score (nSPS) is 16.3. The highest BCUT2D eigenvalue weighted by Gasteiger charge is 2.26. The molecule has 1 aliphatic carbocycles. The molecule has 1 aromatic heterocycles. The minimum atomic E-state index is -0.440. The third-order valence-corrected chi connectivity index (χ3v) is 5.38. The van der Waals surface area contributed by atoms with Crippen molar-refractivity contribution in [3.8, 4) is 0 Å². The van der Waals surface area contributed by atoms with Crippen LogP contribution in [0.1, 0.15) is 42.9 Å². The van der Waals surface area contributed by atoms with E-state index in [9.17, 15) is 4.79 Å². The first-order chi connectivity index (χ1) is 12.1. The van der Waals surface area contributed by atoms with Crippen molar-refractivity contribution >= 4 is 29.3 Å². The van der Waals surface area contributed by atoms with Crippen LogP contribution in [-0.4, -0.2) is 21.9 Å². The van der Waals surface area contributed by atoms with Gasteiger partial charge in [0.1, 0.15) is 16.9 Å². The van der Waals surface area contributed by atoms with Crippen molar-refractivity contribution in [1.29, 1.82) is 0 Å². The van der Waals surface area contributed by atoms with Crippen LogP contribution in [0, 0.1) is 0 Å². The largest absolute Gasteiger partial charge is 0.383 e. The summed E-state index contributed by atoms with van der Waals surface area (Å²) in [4.78, 5) is 21.3. The summed E-state index contributed by atoms with van der Waals surface area (Å²) >= 11 is 1.27. The quantitative estimate of drug-likeness (QED) is 0.561. The Morgan fingerprint density at radius 1 is 1.08 bits per heavy atom. The Kier molecular flexibility index (Phi) is 5.75. The zero-order chi connectivity index (χ0) is 17.6. The van der Waals surface area contributed by atoms with Gasteiger partial charge in [-0.15, -0.1) is 0 Å². The molecule has 1 aliphatic rings. The van der Waals surface area contributed by atoms with E-state index in [1.165, 1.54) is 37.1 Å². The number of thioether (sulfide) groups is 1. The molecule has 0 saturated heterocycles. The third kappa shape index (κ3) is 4.85. The molecule has 1 heterocycles. The van der Waals surface area contributed by atoms with Crippen LogP contribution in [0.2, 0.25) is 0 Å². The molecule has 1 amide bonds. The molecule has 1 aromatic carbocycles. The molecule has 0 radical (unpaired) electrons. The van der Waals surface area contributed by atoms with Gasteiger partial charge >= 0.3 is 0 Å². The summed E-state index contributed by atoms with van der Waals surface area (Å²) in [5.74, 6) is 0.580. The maximum absolute atomic E-state index is 12.9. The number of carbonyl (C=O) groups excluding carboxylic acids is 1. The van der Waals surface area contributed by atoms with Crippen LogP contribution < -0.4 is 16.8 Å². The lowest BCUT2D eigenvalue weighted by Crippen LogP contribution is -2.38. The van der Waals surface area contributed by atoms with Gasteiger partial charge in [0.15, 0.2) is 5.16 Å². The van der Waals surface area contributed by atoms with Gasteiger partial charge in [0.2, 0.25) is 5.91 Å². The number of nitrogen functional groups attached to an aromatic ring is 2. The van der Waals surface area contributed by atoms with Gasteiger partial charge in [-0.05, 0) is 18.4 Å². The number of aromatic nitrogens is 2. The molecular weight excluding hydrogens is 334 g/mol. The smallest absolute Gasteiger partial charge is 0.238 e. The molecule has 0 aliphatic heterocycles. The molecular formula is C18H23N5OS. The van der Waals surface area contributed by atoms with Gasteiger partial charge < -0.3 is 16.8 Å². The average molecular weight is 357 g/mol. The fourth-order valence-electron chi connectivity index (χ4n) is 3.04.